The third-order valence-corrected chi connectivity index (χ3v) is 4.30. The van der Waals surface area contributed by atoms with Crippen LogP contribution >= 0.6 is 0 Å². The first-order valence-corrected chi connectivity index (χ1v) is 9.14. The predicted octanol–water partition coefficient (Wildman–Crippen LogP) is 3.70. The lowest BCUT2D eigenvalue weighted by molar-refractivity contribution is -0.138. The minimum atomic E-state index is -0.700. The Hall–Kier alpha value is -3.42. The van der Waals surface area contributed by atoms with Gasteiger partial charge in [0.05, 0.1) is 13.7 Å². The number of carbonyl (C=O) groups is 1. The first-order valence-electron chi connectivity index (χ1n) is 9.14. The van der Waals surface area contributed by atoms with E-state index in [1.165, 1.54) is 29.2 Å². The number of benzene rings is 2. The van der Waals surface area contributed by atoms with Gasteiger partial charge >= 0.3 is 0 Å². The van der Waals surface area contributed by atoms with Crippen LogP contribution in [0.1, 0.15) is 19.2 Å². The Labute approximate surface area is 168 Å². The van der Waals surface area contributed by atoms with Gasteiger partial charge in [-0.1, -0.05) is 12.1 Å². The number of rotatable bonds is 8. The van der Waals surface area contributed by atoms with Crippen molar-refractivity contribution >= 4 is 5.91 Å². The smallest absolute Gasteiger partial charge is 0.263 e. The van der Waals surface area contributed by atoms with Crippen LogP contribution in [-0.2, 0) is 11.3 Å². The minimum Gasteiger partial charge on any atom is -0.497 e. The molecule has 29 heavy (non-hydrogen) atoms. The van der Waals surface area contributed by atoms with E-state index in [1.54, 1.807) is 26.3 Å². The molecule has 0 saturated heterocycles. The maximum absolute atomic E-state index is 13.0. The molecular weight excluding hydrogens is 377 g/mol. The van der Waals surface area contributed by atoms with E-state index in [0.717, 1.165) is 11.3 Å². The Morgan fingerprint density at radius 1 is 1.14 bits per heavy atom. The first kappa shape index (κ1) is 20.3. The minimum absolute atomic E-state index is 0.144. The highest BCUT2D eigenvalue weighted by Gasteiger charge is 2.24. The molecule has 0 saturated carbocycles. The Balaban J connectivity index is 1.63. The fraction of sp³-hybridized carbons (Fsp3) is 0.286. The van der Waals surface area contributed by atoms with Crippen molar-refractivity contribution < 1.29 is 23.2 Å². The molecule has 2 aromatic carbocycles. The maximum Gasteiger partial charge on any atom is 0.263 e. The van der Waals surface area contributed by atoms with Gasteiger partial charge in [-0.15, -0.1) is 0 Å². The molecule has 0 aliphatic heterocycles. The van der Waals surface area contributed by atoms with Crippen molar-refractivity contribution in [1.82, 2.24) is 15.0 Å². The van der Waals surface area contributed by atoms with E-state index in [2.05, 4.69) is 10.1 Å². The van der Waals surface area contributed by atoms with Crippen molar-refractivity contribution in [2.45, 2.75) is 26.0 Å². The number of nitrogens with zero attached hydrogens (tertiary/aromatic N) is 3. The lowest BCUT2D eigenvalue weighted by Crippen LogP contribution is -2.39. The van der Waals surface area contributed by atoms with Crippen molar-refractivity contribution in [3.63, 3.8) is 0 Å². The van der Waals surface area contributed by atoms with Crippen LogP contribution in [0.25, 0.3) is 11.4 Å². The molecule has 1 heterocycles. The highest BCUT2D eigenvalue weighted by atomic mass is 19.1. The van der Waals surface area contributed by atoms with Gasteiger partial charge in [0.25, 0.3) is 5.91 Å². The summed E-state index contributed by atoms with van der Waals surface area (Å²) in [6.07, 6.45) is -0.240. The summed E-state index contributed by atoms with van der Waals surface area (Å²) in [6, 6.07) is 12.8. The monoisotopic (exact) mass is 399 g/mol. The zero-order chi connectivity index (χ0) is 20.8. The summed E-state index contributed by atoms with van der Waals surface area (Å²) in [5, 5.41) is 3.96. The SMILES string of the molecule is CC[C@H](Oc1ccc(F)cc1)C(=O)N(C)Cc1nc(-c2ccc(OC)cc2)no1. The van der Waals surface area contributed by atoms with Gasteiger partial charge in [0.2, 0.25) is 11.7 Å². The molecule has 1 atom stereocenters. The second kappa shape index (κ2) is 9.18. The normalized spacial score (nSPS) is 11.7. The largest absolute Gasteiger partial charge is 0.497 e. The lowest BCUT2D eigenvalue weighted by atomic mass is 10.2. The molecular formula is C21H22FN3O4. The maximum atomic E-state index is 13.0. The Morgan fingerprint density at radius 3 is 2.41 bits per heavy atom. The summed E-state index contributed by atoms with van der Waals surface area (Å²) in [7, 11) is 3.23. The number of ether oxygens (including phenoxy) is 2. The molecule has 1 amide bonds. The number of hydrogen-bond donors (Lipinski definition) is 0. The summed E-state index contributed by atoms with van der Waals surface area (Å²) in [5.41, 5.74) is 0.779. The number of aromatic nitrogens is 2. The van der Waals surface area contributed by atoms with Gasteiger partial charge in [0, 0.05) is 12.6 Å². The Kier molecular flexibility index (Phi) is 6.43. The van der Waals surface area contributed by atoms with Crippen LogP contribution in [0.4, 0.5) is 4.39 Å². The number of amides is 1. The molecule has 0 unspecified atom stereocenters. The van der Waals surface area contributed by atoms with E-state index >= 15 is 0 Å². The standard InChI is InChI=1S/C21H22FN3O4/c1-4-18(28-17-11-7-15(22)8-12-17)21(26)25(2)13-19-23-20(24-29-19)14-5-9-16(27-3)10-6-14/h5-12,18H,4,13H2,1-3H3/t18-/m0/s1. The molecule has 0 N–H and O–H groups in total. The van der Waals surface area contributed by atoms with Crippen LogP contribution < -0.4 is 9.47 Å². The molecule has 0 radical (unpaired) electrons. The zero-order valence-corrected chi connectivity index (χ0v) is 16.5. The van der Waals surface area contributed by atoms with Crippen LogP contribution in [0.3, 0.4) is 0 Å². The van der Waals surface area contributed by atoms with Gasteiger partial charge in [-0.05, 0) is 55.0 Å². The van der Waals surface area contributed by atoms with Crippen LogP contribution in [0.2, 0.25) is 0 Å². The molecule has 0 aliphatic rings. The molecule has 0 spiro atoms. The summed E-state index contributed by atoms with van der Waals surface area (Å²) < 4.78 is 29.1. The molecule has 0 bridgehead atoms. The number of halogens is 1. The third-order valence-electron chi connectivity index (χ3n) is 4.30. The number of likely N-dealkylation sites (N-methyl/N-ethyl adjacent to an activating group) is 1. The van der Waals surface area contributed by atoms with Crippen molar-refractivity contribution in [3.8, 4) is 22.9 Å². The predicted molar refractivity (Wildman–Crippen MR) is 104 cm³/mol. The molecule has 0 aliphatic carbocycles. The molecule has 3 rings (SSSR count). The fourth-order valence-corrected chi connectivity index (χ4v) is 2.69. The topological polar surface area (TPSA) is 77.7 Å². The average Bonchev–Trinajstić information content (AvgIpc) is 3.21. The number of hydrogen-bond acceptors (Lipinski definition) is 6. The van der Waals surface area contributed by atoms with Crippen LogP contribution in [0, 0.1) is 5.82 Å². The van der Waals surface area contributed by atoms with E-state index in [1.807, 2.05) is 19.1 Å². The van der Waals surface area contributed by atoms with Gasteiger partial charge in [-0.2, -0.15) is 4.98 Å². The average molecular weight is 399 g/mol. The van der Waals surface area contributed by atoms with Gasteiger partial charge in [-0.25, -0.2) is 4.39 Å². The quantitative estimate of drug-likeness (QED) is 0.575. The number of carbonyl (C=O) groups excluding carboxylic acids is 1. The zero-order valence-electron chi connectivity index (χ0n) is 16.5. The molecule has 1 aromatic heterocycles. The van der Waals surface area contributed by atoms with Crippen molar-refractivity contribution in [3.05, 3.63) is 60.2 Å². The van der Waals surface area contributed by atoms with Crippen LogP contribution in [0.5, 0.6) is 11.5 Å². The van der Waals surface area contributed by atoms with Crippen molar-refractivity contribution in [2.75, 3.05) is 14.2 Å². The molecule has 8 heteroatoms. The molecule has 152 valence electrons. The van der Waals surface area contributed by atoms with E-state index in [9.17, 15) is 9.18 Å². The first-order chi connectivity index (χ1) is 14.0. The van der Waals surface area contributed by atoms with Gasteiger partial charge in [-0.3, -0.25) is 4.79 Å². The highest BCUT2D eigenvalue weighted by Crippen LogP contribution is 2.20. The van der Waals surface area contributed by atoms with Crippen LogP contribution in [0.15, 0.2) is 53.1 Å². The number of methoxy groups -OCH3 is 1. The molecule has 0 fully saturated rings. The summed E-state index contributed by atoms with van der Waals surface area (Å²) >= 11 is 0. The van der Waals surface area contributed by atoms with Gasteiger partial charge < -0.3 is 18.9 Å². The molecule has 3 aromatic rings. The third kappa shape index (κ3) is 5.10. The van der Waals surface area contributed by atoms with Crippen molar-refractivity contribution in [2.24, 2.45) is 0 Å². The van der Waals surface area contributed by atoms with E-state index in [0.29, 0.717) is 23.9 Å². The highest BCUT2D eigenvalue weighted by molar-refractivity contribution is 5.80. The van der Waals surface area contributed by atoms with E-state index in [-0.39, 0.29) is 18.3 Å². The second-order valence-electron chi connectivity index (χ2n) is 6.40. The van der Waals surface area contributed by atoms with E-state index < -0.39 is 6.10 Å². The van der Waals surface area contributed by atoms with Crippen molar-refractivity contribution in [1.29, 1.82) is 0 Å². The Bertz CT molecular complexity index is 941. The summed E-state index contributed by atoms with van der Waals surface area (Å²) in [5.74, 6) is 1.30. The summed E-state index contributed by atoms with van der Waals surface area (Å²) in [4.78, 5) is 18.5. The summed E-state index contributed by atoms with van der Waals surface area (Å²) in [6.45, 7) is 1.99. The fourth-order valence-electron chi connectivity index (χ4n) is 2.69. The molecule has 7 nitrogen and oxygen atoms in total. The van der Waals surface area contributed by atoms with Gasteiger partial charge in [0.1, 0.15) is 17.3 Å². The van der Waals surface area contributed by atoms with Crippen LogP contribution in [-0.4, -0.2) is 41.2 Å². The lowest BCUT2D eigenvalue weighted by Gasteiger charge is -2.22. The second-order valence-corrected chi connectivity index (χ2v) is 6.40. The van der Waals surface area contributed by atoms with Gasteiger partial charge in [0.15, 0.2) is 6.10 Å². The Morgan fingerprint density at radius 2 is 1.79 bits per heavy atom. The van der Waals surface area contributed by atoms with E-state index in [4.69, 9.17) is 14.0 Å².